The van der Waals surface area contributed by atoms with Gasteiger partial charge >= 0.3 is 0 Å². The molecule has 2 aromatic heterocycles. The third-order valence-corrected chi connectivity index (χ3v) is 3.17. The molecule has 0 aliphatic rings. The Kier molecular flexibility index (Phi) is 3.73. The molecule has 2 rings (SSSR count). The van der Waals surface area contributed by atoms with E-state index in [-0.39, 0.29) is 12.5 Å². The number of hydrogen-bond acceptors (Lipinski definition) is 5. The Labute approximate surface area is 117 Å². The molecule has 20 heavy (non-hydrogen) atoms. The van der Waals surface area contributed by atoms with E-state index in [4.69, 9.17) is 5.73 Å². The molecule has 0 aromatic carbocycles. The van der Waals surface area contributed by atoms with Crippen molar-refractivity contribution in [3.63, 3.8) is 0 Å². The van der Waals surface area contributed by atoms with Crippen LogP contribution in [0.25, 0.3) is 0 Å². The number of nitrogens with one attached hydrogen (secondary N) is 1. The molecule has 8 nitrogen and oxygen atoms in total. The van der Waals surface area contributed by atoms with Gasteiger partial charge in [-0.25, -0.2) is 4.98 Å². The Morgan fingerprint density at radius 2 is 2.10 bits per heavy atom. The number of aromatic nitrogens is 5. The summed E-state index contributed by atoms with van der Waals surface area (Å²) in [6.45, 7) is 6.00. The van der Waals surface area contributed by atoms with Crippen LogP contribution in [-0.2, 0) is 17.9 Å². The van der Waals surface area contributed by atoms with Crippen LogP contribution in [0, 0.1) is 20.8 Å². The zero-order chi connectivity index (χ0) is 14.9. The number of aromatic amines is 1. The molecule has 0 saturated heterocycles. The lowest BCUT2D eigenvalue weighted by molar-refractivity contribution is -0.131. The van der Waals surface area contributed by atoms with Gasteiger partial charge in [-0.05, 0) is 20.8 Å². The van der Waals surface area contributed by atoms with Gasteiger partial charge in [-0.15, -0.1) is 0 Å². The summed E-state index contributed by atoms with van der Waals surface area (Å²) >= 11 is 0. The quantitative estimate of drug-likeness (QED) is 0.828. The molecule has 108 valence electrons. The van der Waals surface area contributed by atoms with Gasteiger partial charge in [0, 0.05) is 7.05 Å². The number of carbonyl (C=O) groups excluding carboxylic acids is 1. The Bertz CT molecular complexity index is 628. The second-order valence-corrected chi connectivity index (χ2v) is 4.83. The van der Waals surface area contributed by atoms with Gasteiger partial charge in [0.15, 0.2) is 5.82 Å². The van der Waals surface area contributed by atoms with E-state index in [1.165, 1.54) is 0 Å². The highest BCUT2D eigenvalue weighted by Crippen LogP contribution is 2.14. The fourth-order valence-electron chi connectivity index (χ4n) is 1.87. The molecule has 8 heteroatoms. The predicted molar refractivity (Wildman–Crippen MR) is 73.7 cm³/mol. The van der Waals surface area contributed by atoms with E-state index < -0.39 is 0 Å². The molecule has 0 fully saturated rings. The second-order valence-electron chi connectivity index (χ2n) is 4.83. The molecular weight excluding hydrogens is 258 g/mol. The van der Waals surface area contributed by atoms with E-state index in [1.807, 2.05) is 20.8 Å². The maximum atomic E-state index is 12.2. The molecule has 0 spiro atoms. The molecular formula is C12H19N7O. The van der Waals surface area contributed by atoms with Crippen LogP contribution in [0.5, 0.6) is 0 Å². The van der Waals surface area contributed by atoms with Crippen LogP contribution < -0.4 is 5.73 Å². The van der Waals surface area contributed by atoms with Gasteiger partial charge in [0.25, 0.3) is 0 Å². The number of hydrogen-bond donors (Lipinski definition) is 2. The monoisotopic (exact) mass is 277 g/mol. The van der Waals surface area contributed by atoms with E-state index in [2.05, 4.69) is 20.3 Å². The number of rotatable bonds is 4. The predicted octanol–water partition coefficient (Wildman–Crippen LogP) is 0.167. The smallest absolute Gasteiger partial charge is 0.244 e. The number of nitrogens with zero attached hydrogens (tertiary/aromatic N) is 5. The number of anilines is 1. The van der Waals surface area contributed by atoms with E-state index >= 15 is 0 Å². The molecule has 0 bridgehead atoms. The molecule has 0 saturated carbocycles. The lowest BCUT2D eigenvalue weighted by atomic mass is 10.3. The van der Waals surface area contributed by atoms with E-state index in [1.54, 1.807) is 16.6 Å². The molecule has 0 atom stereocenters. The third-order valence-electron chi connectivity index (χ3n) is 3.17. The van der Waals surface area contributed by atoms with Crippen molar-refractivity contribution in [3.8, 4) is 0 Å². The van der Waals surface area contributed by atoms with Crippen LogP contribution in [0.15, 0.2) is 0 Å². The third kappa shape index (κ3) is 2.79. The van der Waals surface area contributed by atoms with Crippen molar-refractivity contribution in [2.24, 2.45) is 0 Å². The molecule has 0 unspecified atom stereocenters. The normalized spacial score (nSPS) is 10.8. The van der Waals surface area contributed by atoms with Gasteiger partial charge < -0.3 is 10.6 Å². The molecule has 2 heterocycles. The lowest BCUT2D eigenvalue weighted by Gasteiger charge is -2.15. The maximum absolute atomic E-state index is 12.2. The Hall–Kier alpha value is -2.38. The lowest BCUT2D eigenvalue weighted by Crippen LogP contribution is -2.30. The summed E-state index contributed by atoms with van der Waals surface area (Å²) < 4.78 is 1.62. The number of amides is 1. The number of likely N-dealkylation sites (N-methyl/N-ethyl adjacent to an activating group) is 1. The summed E-state index contributed by atoms with van der Waals surface area (Å²) in [4.78, 5) is 17.9. The van der Waals surface area contributed by atoms with Gasteiger partial charge in [0.2, 0.25) is 5.91 Å². The van der Waals surface area contributed by atoms with Gasteiger partial charge in [-0.2, -0.15) is 10.2 Å². The number of aryl methyl sites for hydroxylation is 2. The summed E-state index contributed by atoms with van der Waals surface area (Å²) in [6, 6.07) is 0. The molecule has 0 radical (unpaired) electrons. The highest BCUT2D eigenvalue weighted by Gasteiger charge is 2.15. The van der Waals surface area contributed by atoms with Crippen molar-refractivity contribution in [2.45, 2.75) is 33.9 Å². The van der Waals surface area contributed by atoms with Gasteiger partial charge in [-0.3, -0.25) is 14.6 Å². The first-order valence-electron chi connectivity index (χ1n) is 6.29. The Morgan fingerprint density at radius 1 is 1.40 bits per heavy atom. The molecule has 2 aromatic rings. The number of nitrogens with two attached hydrogens (primary N) is 1. The van der Waals surface area contributed by atoms with Crippen LogP contribution >= 0.6 is 0 Å². The molecule has 3 N–H and O–H groups in total. The minimum Gasteiger partial charge on any atom is -0.396 e. The van der Waals surface area contributed by atoms with Gasteiger partial charge in [-0.1, -0.05) is 0 Å². The van der Waals surface area contributed by atoms with E-state index in [9.17, 15) is 4.79 Å². The Balaban J connectivity index is 2.02. The fourth-order valence-corrected chi connectivity index (χ4v) is 1.87. The van der Waals surface area contributed by atoms with Crippen molar-refractivity contribution in [3.05, 3.63) is 23.0 Å². The van der Waals surface area contributed by atoms with E-state index in [0.29, 0.717) is 18.1 Å². The van der Waals surface area contributed by atoms with Crippen molar-refractivity contribution >= 4 is 11.6 Å². The molecule has 0 aliphatic carbocycles. The summed E-state index contributed by atoms with van der Waals surface area (Å²) in [5.74, 6) is 1.25. The average Bonchev–Trinajstić information content (AvgIpc) is 2.89. The first-order valence-corrected chi connectivity index (χ1v) is 6.29. The van der Waals surface area contributed by atoms with Crippen LogP contribution in [0.3, 0.4) is 0 Å². The zero-order valence-electron chi connectivity index (χ0n) is 12.1. The van der Waals surface area contributed by atoms with Crippen molar-refractivity contribution < 1.29 is 4.79 Å². The van der Waals surface area contributed by atoms with Gasteiger partial charge in [0.1, 0.15) is 12.4 Å². The van der Waals surface area contributed by atoms with Crippen LogP contribution in [0.1, 0.15) is 23.0 Å². The SMILES string of the molecule is Cc1nc(CN(C)C(=O)Cn2nc(C)c(N)c2C)n[nH]1. The standard InChI is InChI=1S/C12H19N7O/c1-7-12(13)8(2)19(17-7)6-11(20)18(4)5-10-14-9(3)15-16-10/h5-6,13H2,1-4H3,(H,14,15,16). The summed E-state index contributed by atoms with van der Waals surface area (Å²) in [7, 11) is 1.71. The minimum atomic E-state index is -0.0712. The van der Waals surface area contributed by atoms with Crippen LogP contribution in [0.2, 0.25) is 0 Å². The number of H-pyrrole nitrogens is 1. The van der Waals surface area contributed by atoms with Crippen LogP contribution in [-0.4, -0.2) is 42.8 Å². The summed E-state index contributed by atoms with van der Waals surface area (Å²) in [5, 5.41) is 11.0. The highest BCUT2D eigenvalue weighted by atomic mass is 16.2. The number of carbonyl (C=O) groups is 1. The molecule has 1 amide bonds. The van der Waals surface area contributed by atoms with Gasteiger partial charge in [0.05, 0.1) is 23.6 Å². The first kappa shape index (κ1) is 14.0. The second kappa shape index (κ2) is 5.32. The van der Waals surface area contributed by atoms with Crippen LogP contribution in [0.4, 0.5) is 5.69 Å². The molecule has 0 aliphatic heterocycles. The summed E-state index contributed by atoms with van der Waals surface area (Å²) in [6.07, 6.45) is 0. The zero-order valence-corrected chi connectivity index (χ0v) is 12.1. The largest absolute Gasteiger partial charge is 0.396 e. The highest BCUT2D eigenvalue weighted by molar-refractivity contribution is 5.75. The fraction of sp³-hybridized carbons (Fsp3) is 0.500. The minimum absolute atomic E-state index is 0.0712. The Morgan fingerprint density at radius 3 is 2.60 bits per heavy atom. The number of nitrogen functional groups attached to an aromatic ring is 1. The van der Waals surface area contributed by atoms with Crippen molar-refractivity contribution in [1.82, 2.24) is 29.9 Å². The topological polar surface area (TPSA) is 106 Å². The first-order chi connectivity index (χ1) is 9.38. The average molecular weight is 277 g/mol. The van der Waals surface area contributed by atoms with Crippen molar-refractivity contribution in [2.75, 3.05) is 12.8 Å². The summed E-state index contributed by atoms with van der Waals surface area (Å²) in [5.41, 5.74) is 8.02. The maximum Gasteiger partial charge on any atom is 0.244 e. The van der Waals surface area contributed by atoms with E-state index in [0.717, 1.165) is 17.2 Å². The van der Waals surface area contributed by atoms with Crippen molar-refractivity contribution in [1.29, 1.82) is 0 Å².